The lowest BCUT2D eigenvalue weighted by Crippen LogP contribution is -2.55. The number of carbonyl (C=O) groups is 1. The minimum atomic E-state index is -0.665. The van der Waals surface area contributed by atoms with Crippen LogP contribution >= 0.6 is 24.8 Å². The summed E-state index contributed by atoms with van der Waals surface area (Å²) in [7, 11) is 4.09. The van der Waals surface area contributed by atoms with Gasteiger partial charge in [0.2, 0.25) is 5.91 Å². The molecule has 0 spiro atoms. The van der Waals surface area contributed by atoms with Crippen LogP contribution in [0.1, 0.15) is 56.2 Å². The van der Waals surface area contributed by atoms with Crippen LogP contribution in [0.15, 0.2) is 24.3 Å². The van der Waals surface area contributed by atoms with Crippen LogP contribution in [0.2, 0.25) is 0 Å². The molecule has 0 heterocycles. The standard InChI is InChI=1S/C19H31N3O.2ClH/c1-4-15-8-10-16(11-9-15)17(22(2)3)14-21-18(23)19(20)12-6-5-7-13-19;;/h8-11,17H,4-7,12-14,20H2,1-3H3,(H,21,23);2*1H. The molecule has 1 atom stereocenters. The Balaban J connectivity index is 0.00000288. The van der Waals surface area contributed by atoms with Gasteiger partial charge < -0.3 is 16.0 Å². The van der Waals surface area contributed by atoms with E-state index in [1.165, 1.54) is 17.5 Å². The fourth-order valence-corrected chi connectivity index (χ4v) is 3.35. The Morgan fingerprint density at radius 2 is 1.72 bits per heavy atom. The van der Waals surface area contributed by atoms with Crippen LogP contribution < -0.4 is 11.1 Å². The Kier molecular flexibility index (Phi) is 10.7. The van der Waals surface area contributed by atoms with Gasteiger partial charge in [-0.25, -0.2) is 0 Å². The molecule has 4 nitrogen and oxygen atoms in total. The van der Waals surface area contributed by atoms with E-state index >= 15 is 0 Å². The Morgan fingerprint density at radius 1 is 1.16 bits per heavy atom. The average Bonchev–Trinajstić information content (AvgIpc) is 2.55. The first-order valence-electron chi connectivity index (χ1n) is 8.79. The van der Waals surface area contributed by atoms with Crippen LogP contribution in [0.4, 0.5) is 0 Å². The molecule has 25 heavy (non-hydrogen) atoms. The molecular formula is C19H33Cl2N3O. The number of likely N-dealkylation sites (N-methyl/N-ethyl adjacent to an activating group) is 1. The normalized spacial score (nSPS) is 17.2. The minimum absolute atomic E-state index is 0. The summed E-state index contributed by atoms with van der Waals surface area (Å²) >= 11 is 0. The lowest BCUT2D eigenvalue weighted by molar-refractivity contribution is -0.127. The van der Waals surface area contributed by atoms with Crippen molar-refractivity contribution in [2.75, 3.05) is 20.6 Å². The summed E-state index contributed by atoms with van der Waals surface area (Å²) in [5, 5.41) is 3.10. The van der Waals surface area contributed by atoms with Gasteiger partial charge in [-0.2, -0.15) is 0 Å². The van der Waals surface area contributed by atoms with Crippen molar-refractivity contribution in [1.82, 2.24) is 10.2 Å². The maximum atomic E-state index is 12.5. The first-order chi connectivity index (χ1) is 11.0. The number of halogens is 2. The zero-order valence-corrected chi connectivity index (χ0v) is 17.2. The maximum Gasteiger partial charge on any atom is 0.240 e. The van der Waals surface area contributed by atoms with Gasteiger partial charge in [0.15, 0.2) is 0 Å². The lowest BCUT2D eigenvalue weighted by atomic mass is 9.82. The van der Waals surface area contributed by atoms with Gasteiger partial charge in [-0.3, -0.25) is 4.79 Å². The molecule has 1 amide bonds. The summed E-state index contributed by atoms with van der Waals surface area (Å²) in [5.41, 5.74) is 8.21. The van der Waals surface area contributed by atoms with E-state index in [1.54, 1.807) is 0 Å². The molecule has 1 fully saturated rings. The number of amides is 1. The van der Waals surface area contributed by atoms with E-state index in [1.807, 2.05) is 14.1 Å². The van der Waals surface area contributed by atoms with Crippen molar-refractivity contribution >= 4 is 30.7 Å². The van der Waals surface area contributed by atoms with Crippen LogP contribution in [0.3, 0.4) is 0 Å². The van der Waals surface area contributed by atoms with E-state index in [9.17, 15) is 4.79 Å². The van der Waals surface area contributed by atoms with Gasteiger partial charge in [-0.15, -0.1) is 24.8 Å². The predicted molar refractivity (Wildman–Crippen MR) is 110 cm³/mol. The fourth-order valence-electron chi connectivity index (χ4n) is 3.35. The molecule has 1 aromatic rings. The van der Waals surface area contributed by atoms with Crippen molar-refractivity contribution in [3.63, 3.8) is 0 Å². The molecule has 144 valence electrons. The van der Waals surface area contributed by atoms with E-state index in [2.05, 4.69) is 41.4 Å². The highest BCUT2D eigenvalue weighted by Gasteiger charge is 2.35. The number of hydrogen-bond donors (Lipinski definition) is 2. The number of benzene rings is 1. The smallest absolute Gasteiger partial charge is 0.240 e. The molecule has 1 unspecified atom stereocenters. The second-order valence-corrected chi connectivity index (χ2v) is 7.00. The Labute approximate surface area is 164 Å². The number of rotatable bonds is 6. The van der Waals surface area contributed by atoms with Crippen LogP contribution in [-0.4, -0.2) is 37.0 Å². The number of carbonyl (C=O) groups excluding carboxylic acids is 1. The molecule has 6 heteroatoms. The van der Waals surface area contributed by atoms with Crippen LogP contribution in [0, 0.1) is 0 Å². The maximum absolute atomic E-state index is 12.5. The highest BCUT2D eigenvalue weighted by Crippen LogP contribution is 2.26. The van der Waals surface area contributed by atoms with Gasteiger partial charge >= 0.3 is 0 Å². The Bertz CT molecular complexity index is 514. The topological polar surface area (TPSA) is 58.4 Å². The Morgan fingerprint density at radius 3 is 2.20 bits per heavy atom. The molecule has 0 radical (unpaired) electrons. The molecule has 3 N–H and O–H groups in total. The molecule has 0 bridgehead atoms. The summed E-state index contributed by atoms with van der Waals surface area (Å²) in [6.45, 7) is 2.75. The van der Waals surface area contributed by atoms with E-state index in [0.29, 0.717) is 6.54 Å². The number of nitrogens with zero attached hydrogens (tertiary/aromatic N) is 1. The monoisotopic (exact) mass is 389 g/mol. The van der Waals surface area contributed by atoms with E-state index < -0.39 is 5.54 Å². The molecule has 1 saturated carbocycles. The third-order valence-corrected chi connectivity index (χ3v) is 5.05. The highest BCUT2D eigenvalue weighted by atomic mass is 35.5. The third kappa shape index (κ3) is 6.45. The third-order valence-electron chi connectivity index (χ3n) is 5.05. The largest absolute Gasteiger partial charge is 0.353 e. The average molecular weight is 390 g/mol. The molecule has 0 aliphatic heterocycles. The predicted octanol–water partition coefficient (Wildman–Crippen LogP) is 3.47. The van der Waals surface area contributed by atoms with Gasteiger partial charge in [0, 0.05) is 6.54 Å². The van der Waals surface area contributed by atoms with Crippen molar-refractivity contribution in [3.8, 4) is 0 Å². The number of aryl methyl sites for hydroxylation is 1. The molecule has 1 aliphatic carbocycles. The van der Waals surface area contributed by atoms with Crippen molar-refractivity contribution in [2.45, 2.75) is 57.0 Å². The zero-order chi connectivity index (χ0) is 16.9. The lowest BCUT2D eigenvalue weighted by Gasteiger charge is -2.33. The van der Waals surface area contributed by atoms with E-state index in [0.717, 1.165) is 32.1 Å². The second-order valence-electron chi connectivity index (χ2n) is 7.00. The molecule has 0 saturated heterocycles. The molecule has 1 aromatic carbocycles. The summed E-state index contributed by atoms with van der Waals surface area (Å²) in [6, 6.07) is 8.82. The zero-order valence-electron chi connectivity index (χ0n) is 15.6. The summed E-state index contributed by atoms with van der Waals surface area (Å²) in [4.78, 5) is 14.7. The summed E-state index contributed by atoms with van der Waals surface area (Å²) in [5.74, 6) is 0.00854. The van der Waals surface area contributed by atoms with Crippen LogP contribution in [-0.2, 0) is 11.2 Å². The second kappa shape index (κ2) is 11.0. The Hall–Kier alpha value is -0.810. The van der Waals surface area contributed by atoms with Gasteiger partial charge in [0.05, 0.1) is 11.6 Å². The van der Waals surface area contributed by atoms with Crippen LogP contribution in [0.5, 0.6) is 0 Å². The van der Waals surface area contributed by atoms with Gasteiger partial charge in [0.1, 0.15) is 0 Å². The SMILES string of the molecule is CCc1ccc(C(CNC(=O)C2(N)CCCCC2)N(C)C)cc1.Cl.Cl. The molecule has 2 rings (SSSR count). The first kappa shape index (κ1) is 24.2. The molecular weight excluding hydrogens is 357 g/mol. The van der Waals surface area contributed by atoms with Crippen molar-refractivity contribution in [3.05, 3.63) is 35.4 Å². The summed E-state index contributed by atoms with van der Waals surface area (Å²) in [6.07, 6.45) is 5.95. The number of nitrogens with two attached hydrogens (primary N) is 1. The van der Waals surface area contributed by atoms with Gasteiger partial charge in [0.25, 0.3) is 0 Å². The van der Waals surface area contributed by atoms with Crippen molar-refractivity contribution < 1.29 is 4.79 Å². The number of nitrogens with one attached hydrogen (secondary N) is 1. The molecule has 0 aromatic heterocycles. The first-order valence-corrected chi connectivity index (χ1v) is 8.79. The van der Waals surface area contributed by atoms with Crippen LogP contribution in [0.25, 0.3) is 0 Å². The van der Waals surface area contributed by atoms with Crippen molar-refractivity contribution in [1.29, 1.82) is 0 Å². The molecule has 1 aliphatic rings. The van der Waals surface area contributed by atoms with E-state index in [4.69, 9.17) is 5.73 Å². The highest BCUT2D eigenvalue weighted by molar-refractivity contribution is 5.86. The van der Waals surface area contributed by atoms with Gasteiger partial charge in [-0.05, 0) is 44.5 Å². The summed E-state index contributed by atoms with van der Waals surface area (Å²) < 4.78 is 0. The fraction of sp³-hybridized carbons (Fsp3) is 0.632. The van der Waals surface area contributed by atoms with Crippen molar-refractivity contribution in [2.24, 2.45) is 5.73 Å². The quantitative estimate of drug-likeness (QED) is 0.782. The minimum Gasteiger partial charge on any atom is -0.353 e. The number of hydrogen-bond acceptors (Lipinski definition) is 3. The van der Waals surface area contributed by atoms with E-state index in [-0.39, 0.29) is 36.8 Å². The van der Waals surface area contributed by atoms with Gasteiger partial charge in [-0.1, -0.05) is 50.5 Å².